The second-order valence-electron chi connectivity index (χ2n) is 6.10. The first-order valence-corrected chi connectivity index (χ1v) is 8.33. The number of amides is 2. The molecule has 1 aliphatic heterocycles. The van der Waals surface area contributed by atoms with Crippen LogP contribution in [0.15, 0.2) is 48.5 Å². The van der Waals surface area contributed by atoms with Crippen LogP contribution in [-0.2, 0) is 20.7 Å². The summed E-state index contributed by atoms with van der Waals surface area (Å²) in [5.74, 6) is 0.0182. The van der Waals surface area contributed by atoms with Crippen molar-refractivity contribution in [1.82, 2.24) is 9.97 Å². The average Bonchev–Trinajstić information content (AvgIpc) is 3.15. The summed E-state index contributed by atoms with van der Waals surface area (Å²) in [7, 11) is 0. The molecule has 1 saturated heterocycles. The van der Waals surface area contributed by atoms with Gasteiger partial charge in [0.05, 0.1) is 29.7 Å². The van der Waals surface area contributed by atoms with Gasteiger partial charge < -0.3 is 14.8 Å². The lowest BCUT2D eigenvalue weighted by molar-refractivity contribution is -0.127. The van der Waals surface area contributed by atoms with Gasteiger partial charge in [-0.2, -0.15) is 0 Å². The van der Waals surface area contributed by atoms with Crippen LogP contribution in [0.4, 0.5) is 5.69 Å². The van der Waals surface area contributed by atoms with Gasteiger partial charge in [-0.05, 0) is 24.3 Å². The number of ether oxygens (including phenoxy) is 1. The van der Waals surface area contributed by atoms with Crippen molar-refractivity contribution in [2.24, 2.45) is 0 Å². The molecule has 2 heterocycles. The number of H-pyrrole nitrogens is 1. The molecule has 7 heteroatoms. The molecule has 1 aromatic heterocycles. The summed E-state index contributed by atoms with van der Waals surface area (Å²) in [6, 6.07) is 13.8. The van der Waals surface area contributed by atoms with Gasteiger partial charge >= 0.3 is 0 Å². The van der Waals surface area contributed by atoms with E-state index in [1.54, 1.807) is 12.1 Å². The molecule has 1 aliphatic rings. The number of para-hydroxylation sites is 2. The maximum absolute atomic E-state index is 12.5. The van der Waals surface area contributed by atoms with Gasteiger partial charge in [-0.3, -0.25) is 9.59 Å². The van der Waals surface area contributed by atoms with Gasteiger partial charge in [0.15, 0.2) is 0 Å². The minimum Gasteiger partial charge on any atom is -0.508 e. The van der Waals surface area contributed by atoms with E-state index in [1.807, 2.05) is 24.3 Å². The number of hydrogen-bond donors (Lipinski definition) is 2. The Hall–Kier alpha value is -3.19. The lowest BCUT2D eigenvalue weighted by Crippen LogP contribution is -2.33. The van der Waals surface area contributed by atoms with E-state index in [9.17, 15) is 14.7 Å². The molecular weight excluding hydrogens is 334 g/mol. The van der Waals surface area contributed by atoms with Crippen LogP contribution in [-0.4, -0.2) is 39.6 Å². The van der Waals surface area contributed by atoms with E-state index in [0.29, 0.717) is 12.1 Å². The fourth-order valence-corrected chi connectivity index (χ4v) is 3.06. The van der Waals surface area contributed by atoms with E-state index >= 15 is 0 Å². The number of nitrogens with zero attached hydrogens (tertiary/aromatic N) is 2. The zero-order valence-corrected chi connectivity index (χ0v) is 13.9. The van der Waals surface area contributed by atoms with Crippen LogP contribution in [0.1, 0.15) is 12.2 Å². The molecule has 2 amide bonds. The summed E-state index contributed by atoms with van der Waals surface area (Å²) in [4.78, 5) is 33.4. The van der Waals surface area contributed by atoms with E-state index in [2.05, 4.69) is 9.97 Å². The number of aromatic amines is 1. The van der Waals surface area contributed by atoms with E-state index in [0.717, 1.165) is 21.8 Å². The Labute approximate surface area is 149 Å². The second-order valence-corrected chi connectivity index (χ2v) is 6.10. The first-order chi connectivity index (χ1) is 12.6. The standard InChI is InChI=1S/C19H17N3O4/c23-13-5-3-4-12(10-13)22-18(24)11-16(19(22)25)26-9-8-17-20-14-6-1-2-7-15(14)21-17/h1-7,10,16,23H,8-9,11H2,(H,20,21). The van der Waals surface area contributed by atoms with Crippen LogP contribution in [0.25, 0.3) is 11.0 Å². The number of hydrogen-bond acceptors (Lipinski definition) is 5. The molecule has 2 aromatic carbocycles. The normalized spacial score (nSPS) is 17.4. The lowest BCUT2D eigenvalue weighted by atomic mass is 10.3. The summed E-state index contributed by atoms with van der Waals surface area (Å²) in [6.45, 7) is 0.275. The molecule has 132 valence electrons. The number of aromatic nitrogens is 2. The van der Waals surface area contributed by atoms with Gasteiger partial charge in [-0.25, -0.2) is 9.88 Å². The highest BCUT2D eigenvalue weighted by atomic mass is 16.5. The van der Waals surface area contributed by atoms with Crippen LogP contribution in [0, 0.1) is 0 Å². The average molecular weight is 351 g/mol. The number of anilines is 1. The number of benzene rings is 2. The van der Waals surface area contributed by atoms with Crippen molar-refractivity contribution in [2.45, 2.75) is 18.9 Å². The Morgan fingerprint density at radius 2 is 2.04 bits per heavy atom. The van der Waals surface area contributed by atoms with E-state index in [-0.39, 0.29) is 24.7 Å². The summed E-state index contributed by atoms with van der Waals surface area (Å²) in [5, 5.41) is 9.55. The van der Waals surface area contributed by atoms with E-state index in [4.69, 9.17) is 4.74 Å². The molecular formula is C19H17N3O4. The van der Waals surface area contributed by atoms with Gasteiger partial charge in [0.1, 0.15) is 17.7 Å². The van der Waals surface area contributed by atoms with Crippen molar-refractivity contribution in [2.75, 3.05) is 11.5 Å². The summed E-state index contributed by atoms with van der Waals surface area (Å²) in [5.41, 5.74) is 2.18. The largest absolute Gasteiger partial charge is 0.508 e. The number of phenolic OH excluding ortho intramolecular Hbond substituents is 1. The van der Waals surface area contributed by atoms with Crippen LogP contribution in [0.2, 0.25) is 0 Å². The molecule has 4 rings (SSSR count). The van der Waals surface area contributed by atoms with E-state index < -0.39 is 12.0 Å². The third-order valence-corrected chi connectivity index (χ3v) is 4.29. The maximum atomic E-state index is 12.5. The van der Waals surface area contributed by atoms with Crippen molar-refractivity contribution < 1.29 is 19.4 Å². The van der Waals surface area contributed by atoms with Crippen molar-refractivity contribution in [1.29, 1.82) is 0 Å². The SMILES string of the molecule is O=C1CC(OCCc2nc3ccccc3[nH]2)C(=O)N1c1cccc(O)c1. The van der Waals surface area contributed by atoms with Crippen molar-refractivity contribution in [3.05, 3.63) is 54.4 Å². The molecule has 26 heavy (non-hydrogen) atoms. The number of carbonyl (C=O) groups is 2. The van der Waals surface area contributed by atoms with Gasteiger partial charge in [-0.1, -0.05) is 18.2 Å². The van der Waals surface area contributed by atoms with Crippen LogP contribution < -0.4 is 4.90 Å². The lowest BCUT2D eigenvalue weighted by Gasteiger charge is -2.15. The number of rotatable bonds is 5. The quantitative estimate of drug-likeness (QED) is 0.687. The van der Waals surface area contributed by atoms with E-state index in [1.165, 1.54) is 12.1 Å². The van der Waals surface area contributed by atoms with Crippen LogP contribution >= 0.6 is 0 Å². The molecule has 1 fully saturated rings. The molecule has 0 aliphatic carbocycles. The third-order valence-electron chi connectivity index (χ3n) is 4.29. The molecule has 7 nitrogen and oxygen atoms in total. The molecule has 1 unspecified atom stereocenters. The van der Waals surface area contributed by atoms with Gasteiger partial charge in [-0.15, -0.1) is 0 Å². The predicted octanol–water partition coefficient (Wildman–Crippen LogP) is 2.16. The number of fused-ring (bicyclic) bond motifs is 1. The number of aromatic hydroxyl groups is 1. The minimum atomic E-state index is -0.811. The first kappa shape index (κ1) is 16.3. The maximum Gasteiger partial charge on any atom is 0.263 e. The summed E-state index contributed by atoms with van der Waals surface area (Å²) in [6.07, 6.45) is -0.304. The van der Waals surface area contributed by atoms with Crippen molar-refractivity contribution in [3.63, 3.8) is 0 Å². The smallest absolute Gasteiger partial charge is 0.263 e. The number of phenols is 1. The Morgan fingerprint density at radius 3 is 2.85 bits per heavy atom. The number of imidazole rings is 1. The Kier molecular flexibility index (Phi) is 4.14. The molecule has 0 saturated carbocycles. The van der Waals surface area contributed by atoms with Crippen LogP contribution in [0.5, 0.6) is 5.75 Å². The highest BCUT2D eigenvalue weighted by Gasteiger charge is 2.40. The second kappa shape index (κ2) is 6.61. The van der Waals surface area contributed by atoms with Gasteiger partial charge in [0, 0.05) is 12.5 Å². The number of imide groups is 1. The highest BCUT2D eigenvalue weighted by molar-refractivity contribution is 6.22. The van der Waals surface area contributed by atoms with Crippen molar-refractivity contribution >= 4 is 28.5 Å². The molecule has 0 bridgehead atoms. The number of nitrogens with one attached hydrogen (secondary N) is 1. The fourth-order valence-electron chi connectivity index (χ4n) is 3.06. The summed E-state index contributed by atoms with van der Waals surface area (Å²) >= 11 is 0. The monoisotopic (exact) mass is 351 g/mol. The highest BCUT2D eigenvalue weighted by Crippen LogP contribution is 2.27. The predicted molar refractivity (Wildman–Crippen MR) is 94.8 cm³/mol. The third kappa shape index (κ3) is 3.04. The summed E-state index contributed by atoms with van der Waals surface area (Å²) < 4.78 is 5.63. The van der Waals surface area contributed by atoms with Gasteiger partial charge in [0.25, 0.3) is 5.91 Å². The number of carbonyl (C=O) groups excluding carboxylic acids is 2. The fraction of sp³-hybridized carbons (Fsp3) is 0.211. The first-order valence-electron chi connectivity index (χ1n) is 8.33. The zero-order chi connectivity index (χ0) is 18.1. The molecule has 0 radical (unpaired) electrons. The molecule has 3 aromatic rings. The Bertz CT molecular complexity index is 949. The zero-order valence-electron chi connectivity index (χ0n) is 13.9. The van der Waals surface area contributed by atoms with Gasteiger partial charge in [0.2, 0.25) is 5.91 Å². The van der Waals surface area contributed by atoms with Crippen LogP contribution in [0.3, 0.4) is 0 Å². The molecule has 1 atom stereocenters. The molecule has 2 N–H and O–H groups in total. The Balaban J connectivity index is 1.39. The topological polar surface area (TPSA) is 95.5 Å². The van der Waals surface area contributed by atoms with Crippen molar-refractivity contribution in [3.8, 4) is 5.75 Å². The minimum absolute atomic E-state index is 0.00245. The molecule has 0 spiro atoms. The Morgan fingerprint density at radius 1 is 1.19 bits per heavy atom.